The van der Waals surface area contributed by atoms with E-state index in [0.717, 1.165) is 43.0 Å². The van der Waals surface area contributed by atoms with Crippen molar-refractivity contribution in [2.45, 2.75) is 31.3 Å². The SMILES string of the molecule is Cn1nc(C2CCNCC2)nc1NC(=O)C1CC(c2ccccc2)=NO1. The molecule has 2 aliphatic rings. The molecule has 0 radical (unpaired) electrons. The number of carbonyl (C=O) groups is 1. The highest BCUT2D eigenvalue weighted by Crippen LogP contribution is 2.24. The van der Waals surface area contributed by atoms with Crippen LogP contribution in [-0.4, -0.2) is 45.6 Å². The predicted molar refractivity (Wildman–Crippen MR) is 96.9 cm³/mol. The lowest BCUT2D eigenvalue weighted by atomic mass is 9.98. The van der Waals surface area contributed by atoms with Crippen molar-refractivity contribution in [1.82, 2.24) is 20.1 Å². The molecule has 0 bridgehead atoms. The minimum absolute atomic E-state index is 0.257. The molecule has 0 aliphatic carbocycles. The second kappa shape index (κ2) is 7.25. The van der Waals surface area contributed by atoms with Gasteiger partial charge in [-0.15, -0.1) is 0 Å². The lowest BCUT2D eigenvalue weighted by Crippen LogP contribution is -2.29. The molecule has 1 unspecified atom stereocenters. The molecule has 1 fully saturated rings. The summed E-state index contributed by atoms with van der Waals surface area (Å²) in [5, 5.41) is 14.7. The molecule has 0 spiro atoms. The maximum absolute atomic E-state index is 12.5. The van der Waals surface area contributed by atoms with Gasteiger partial charge in [0.1, 0.15) is 0 Å². The second-order valence-corrected chi connectivity index (χ2v) is 6.63. The average Bonchev–Trinajstić information content (AvgIpc) is 3.31. The number of nitrogens with zero attached hydrogens (tertiary/aromatic N) is 4. The number of oxime groups is 1. The minimum Gasteiger partial charge on any atom is -0.382 e. The standard InChI is InChI=1S/C18H22N6O2/c1-24-18(20-16(22-24)13-7-9-19-10-8-13)21-17(25)15-11-14(23-26-15)12-5-3-2-4-6-12/h2-6,13,15,19H,7-11H2,1H3,(H,20,21,22,25). The number of aryl methyl sites for hydroxylation is 1. The van der Waals surface area contributed by atoms with Crippen LogP contribution in [0.15, 0.2) is 35.5 Å². The largest absolute Gasteiger partial charge is 0.382 e. The molecule has 2 aromatic rings. The van der Waals surface area contributed by atoms with Gasteiger partial charge in [-0.1, -0.05) is 35.5 Å². The number of rotatable bonds is 4. The van der Waals surface area contributed by atoms with E-state index in [9.17, 15) is 4.79 Å². The third-order valence-electron chi connectivity index (χ3n) is 4.79. The van der Waals surface area contributed by atoms with Gasteiger partial charge < -0.3 is 10.2 Å². The molecule has 1 saturated heterocycles. The van der Waals surface area contributed by atoms with Gasteiger partial charge in [-0.05, 0) is 31.5 Å². The highest BCUT2D eigenvalue weighted by Gasteiger charge is 2.30. The zero-order valence-corrected chi connectivity index (χ0v) is 14.7. The van der Waals surface area contributed by atoms with E-state index in [-0.39, 0.29) is 5.91 Å². The van der Waals surface area contributed by atoms with Crippen molar-refractivity contribution >= 4 is 17.6 Å². The van der Waals surface area contributed by atoms with Gasteiger partial charge >= 0.3 is 0 Å². The molecule has 8 heteroatoms. The summed E-state index contributed by atoms with van der Waals surface area (Å²) in [5.74, 6) is 1.31. The van der Waals surface area contributed by atoms with E-state index < -0.39 is 6.10 Å². The number of amides is 1. The van der Waals surface area contributed by atoms with E-state index in [2.05, 4.69) is 25.9 Å². The summed E-state index contributed by atoms with van der Waals surface area (Å²) in [4.78, 5) is 22.4. The van der Waals surface area contributed by atoms with E-state index in [1.807, 2.05) is 30.3 Å². The normalized spacial score (nSPS) is 20.5. The van der Waals surface area contributed by atoms with Crippen molar-refractivity contribution in [2.75, 3.05) is 18.4 Å². The van der Waals surface area contributed by atoms with Crippen LogP contribution in [-0.2, 0) is 16.7 Å². The Morgan fingerprint density at radius 2 is 2.04 bits per heavy atom. The van der Waals surface area contributed by atoms with Gasteiger partial charge in [0.05, 0.1) is 5.71 Å². The molecule has 8 nitrogen and oxygen atoms in total. The molecule has 1 amide bonds. The molecule has 3 heterocycles. The molecular weight excluding hydrogens is 332 g/mol. The van der Waals surface area contributed by atoms with Crippen LogP contribution in [0.25, 0.3) is 0 Å². The van der Waals surface area contributed by atoms with Crippen LogP contribution in [0.2, 0.25) is 0 Å². The van der Waals surface area contributed by atoms with Crippen LogP contribution in [0.5, 0.6) is 0 Å². The third kappa shape index (κ3) is 3.45. The van der Waals surface area contributed by atoms with Gasteiger partial charge in [-0.2, -0.15) is 10.1 Å². The van der Waals surface area contributed by atoms with Crippen LogP contribution < -0.4 is 10.6 Å². The summed E-state index contributed by atoms with van der Waals surface area (Å²) in [6, 6.07) is 9.73. The van der Waals surface area contributed by atoms with E-state index in [0.29, 0.717) is 18.3 Å². The van der Waals surface area contributed by atoms with Crippen molar-refractivity contribution in [2.24, 2.45) is 12.2 Å². The van der Waals surface area contributed by atoms with Crippen molar-refractivity contribution < 1.29 is 9.63 Å². The maximum Gasteiger partial charge on any atom is 0.271 e. The molecule has 2 aliphatic heterocycles. The average molecular weight is 354 g/mol. The molecule has 26 heavy (non-hydrogen) atoms. The quantitative estimate of drug-likeness (QED) is 0.866. The Hall–Kier alpha value is -2.74. The molecule has 2 N–H and O–H groups in total. The van der Waals surface area contributed by atoms with Crippen LogP contribution in [0.3, 0.4) is 0 Å². The Kier molecular flexibility index (Phi) is 4.66. The summed E-state index contributed by atoms with van der Waals surface area (Å²) in [7, 11) is 1.79. The maximum atomic E-state index is 12.5. The van der Waals surface area contributed by atoms with Gasteiger partial charge in [0.2, 0.25) is 12.1 Å². The zero-order valence-electron chi connectivity index (χ0n) is 14.7. The second-order valence-electron chi connectivity index (χ2n) is 6.63. The number of benzene rings is 1. The van der Waals surface area contributed by atoms with Crippen molar-refractivity contribution in [3.05, 3.63) is 41.7 Å². The first-order valence-corrected chi connectivity index (χ1v) is 8.91. The van der Waals surface area contributed by atoms with Gasteiger partial charge in [0.25, 0.3) is 5.91 Å². The molecule has 1 aromatic carbocycles. The first-order valence-electron chi connectivity index (χ1n) is 8.91. The van der Waals surface area contributed by atoms with Crippen molar-refractivity contribution in [3.63, 3.8) is 0 Å². The zero-order chi connectivity index (χ0) is 17.9. The van der Waals surface area contributed by atoms with E-state index in [4.69, 9.17) is 4.84 Å². The number of piperidine rings is 1. The summed E-state index contributed by atoms with van der Waals surface area (Å²) >= 11 is 0. The smallest absolute Gasteiger partial charge is 0.271 e. The van der Waals surface area contributed by atoms with Gasteiger partial charge in [0.15, 0.2) is 5.82 Å². The fourth-order valence-corrected chi connectivity index (χ4v) is 3.28. The number of nitrogens with one attached hydrogen (secondary N) is 2. The predicted octanol–water partition coefficient (Wildman–Crippen LogP) is 1.41. The van der Waals surface area contributed by atoms with Crippen LogP contribution in [0.1, 0.15) is 36.6 Å². The van der Waals surface area contributed by atoms with E-state index in [1.54, 1.807) is 11.7 Å². The van der Waals surface area contributed by atoms with Crippen LogP contribution in [0.4, 0.5) is 5.95 Å². The van der Waals surface area contributed by atoms with Crippen molar-refractivity contribution in [1.29, 1.82) is 0 Å². The highest BCUT2D eigenvalue weighted by molar-refractivity contribution is 6.05. The molecule has 0 saturated carbocycles. The Morgan fingerprint density at radius 3 is 2.81 bits per heavy atom. The summed E-state index contributed by atoms with van der Waals surface area (Å²) < 4.78 is 1.61. The van der Waals surface area contributed by atoms with Gasteiger partial charge in [-0.3, -0.25) is 10.1 Å². The lowest BCUT2D eigenvalue weighted by molar-refractivity contribution is -0.125. The van der Waals surface area contributed by atoms with Crippen molar-refractivity contribution in [3.8, 4) is 0 Å². The van der Waals surface area contributed by atoms with Gasteiger partial charge in [0, 0.05) is 19.4 Å². The first kappa shape index (κ1) is 16.7. The summed E-state index contributed by atoms with van der Waals surface area (Å²) in [5.41, 5.74) is 1.74. The molecular formula is C18H22N6O2. The Morgan fingerprint density at radius 1 is 1.27 bits per heavy atom. The minimum atomic E-state index is -0.649. The Labute approximate surface area is 151 Å². The Bertz CT molecular complexity index is 810. The molecule has 1 atom stereocenters. The summed E-state index contributed by atoms with van der Waals surface area (Å²) in [6.07, 6.45) is 1.81. The third-order valence-corrected chi connectivity index (χ3v) is 4.79. The van der Waals surface area contributed by atoms with E-state index in [1.165, 1.54) is 0 Å². The van der Waals surface area contributed by atoms with Crippen LogP contribution >= 0.6 is 0 Å². The first-order chi connectivity index (χ1) is 12.7. The number of hydrogen-bond acceptors (Lipinski definition) is 6. The molecule has 1 aromatic heterocycles. The molecule has 136 valence electrons. The Balaban J connectivity index is 1.39. The van der Waals surface area contributed by atoms with Crippen LogP contribution in [0, 0.1) is 0 Å². The highest BCUT2D eigenvalue weighted by atomic mass is 16.6. The fraction of sp³-hybridized carbons (Fsp3) is 0.444. The molecule has 4 rings (SSSR count). The fourth-order valence-electron chi connectivity index (χ4n) is 3.28. The topological polar surface area (TPSA) is 93.4 Å². The van der Waals surface area contributed by atoms with E-state index >= 15 is 0 Å². The van der Waals surface area contributed by atoms with Gasteiger partial charge in [-0.25, -0.2) is 4.68 Å². The monoisotopic (exact) mass is 354 g/mol. The number of hydrogen-bond donors (Lipinski definition) is 2. The number of anilines is 1. The number of carbonyl (C=O) groups excluding carboxylic acids is 1. The number of aromatic nitrogens is 3. The summed E-state index contributed by atoms with van der Waals surface area (Å²) in [6.45, 7) is 1.94. The lowest BCUT2D eigenvalue weighted by Gasteiger charge is -2.19.